The molecule has 0 spiro atoms. The lowest BCUT2D eigenvalue weighted by Gasteiger charge is -2.18. The molecule has 1 saturated heterocycles. The molecule has 14 heavy (non-hydrogen) atoms. The van der Waals surface area contributed by atoms with Gasteiger partial charge in [0.2, 0.25) is 0 Å². The van der Waals surface area contributed by atoms with Crippen molar-refractivity contribution in [3.63, 3.8) is 0 Å². The first kappa shape index (κ1) is 11.4. The number of likely N-dealkylation sites (tertiary alicyclic amines) is 1. The van der Waals surface area contributed by atoms with E-state index in [1.54, 1.807) is 4.90 Å². The predicted molar refractivity (Wildman–Crippen MR) is 51.7 cm³/mol. The van der Waals surface area contributed by atoms with Gasteiger partial charge in [-0.15, -0.1) is 0 Å². The van der Waals surface area contributed by atoms with Gasteiger partial charge in [0, 0.05) is 13.1 Å². The summed E-state index contributed by atoms with van der Waals surface area (Å²) in [4.78, 5) is 13.0. The molecule has 0 saturated carbocycles. The van der Waals surface area contributed by atoms with Crippen molar-refractivity contribution in [3.8, 4) is 0 Å². The minimum absolute atomic E-state index is 0.355. The molecule has 82 valence electrons. The average molecular weight is 202 g/mol. The normalized spacial score (nSPS) is 23.9. The summed E-state index contributed by atoms with van der Waals surface area (Å²) in [7, 11) is 1.88. The van der Waals surface area contributed by atoms with E-state index in [1.807, 2.05) is 7.05 Å². The molecule has 2 atom stereocenters. The van der Waals surface area contributed by atoms with Crippen molar-refractivity contribution < 1.29 is 15.0 Å². The monoisotopic (exact) mass is 202 g/mol. The van der Waals surface area contributed by atoms with Gasteiger partial charge in [-0.3, -0.25) is 4.79 Å². The Kier molecular flexibility index (Phi) is 4.31. The van der Waals surface area contributed by atoms with E-state index in [1.165, 1.54) is 0 Å². The van der Waals surface area contributed by atoms with E-state index in [0.717, 1.165) is 13.0 Å². The molecule has 1 rings (SSSR count). The molecule has 0 aliphatic carbocycles. The summed E-state index contributed by atoms with van der Waals surface area (Å²) >= 11 is 0. The zero-order chi connectivity index (χ0) is 10.6. The molecule has 0 bridgehead atoms. The number of carbonyl (C=O) groups is 1. The van der Waals surface area contributed by atoms with E-state index in [0.29, 0.717) is 19.0 Å². The molecule has 2 unspecified atom stereocenters. The highest BCUT2D eigenvalue weighted by Gasteiger charge is 2.28. The van der Waals surface area contributed by atoms with E-state index >= 15 is 0 Å². The molecular weight excluding hydrogens is 184 g/mol. The highest BCUT2D eigenvalue weighted by molar-refractivity contribution is 5.81. The molecule has 1 fully saturated rings. The Hall–Kier alpha value is -0.650. The Morgan fingerprint density at radius 2 is 2.43 bits per heavy atom. The number of nitrogens with one attached hydrogen (secondary N) is 1. The van der Waals surface area contributed by atoms with Crippen LogP contribution in [0.4, 0.5) is 0 Å². The second-order valence-electron chi connectivity index (χ2n) is 3.70. The Morgan fingerprint density at radius 1 is 1.71 bits per heavy atom. The number of aliphatic hydroxyl groups excluding tert-OH is 2. The average Bonchev–Trinajstić information content (AvgIpc) is 2.64. The Balaban J connectivity index is 2.37. The zero-order valence-corrected chi connectivity index (χ0v) is 8.44. The maximum absolute atomic E-state index is 11.4. The molecule has 1 amide bonds. The van der Waals surface area contributed by atoms with E-state index in [2.05, 4.69) is 5.32 Å². The molecule has 5 heteroatoms. The fourth-order valence-electron chi connectivity index (χ4n) is 1.78. The molecule has 0 aromatic carbocycles. The smallest absolute Gasteiger partial charge is 0.253 e. The minimum Gasteiger partial charge on any atom is -0.393 e. The van der Waals surface area contributed by atoms with Gasteiger partial charge in [-0.05, 0) is 25.9 Å². The summed E-state index contributed by atoms with van der Waals surface area (Å²) in [5.41, 5.74) is 0. The Bertz CT molecular complexity index is 198. The van der Waals surface area contributed by atoms with Gasteiger partial charge in [-0.25, -0.2) is 0 Å². The first-order chi connectivity index (χ1) is 6.69. The van der Waals surface area contributed by atoms with Crippen molar-refractivity contribution in [2.75, 3.05) is 33.3 Å². The second kappa shape index (κ2) is 5.29. The highest BCUT2D eigenvalue weighted by Crippen LogP contribution is 2.15. The molecule has 0 radical (unpaired) electrons. The largest absolute Gasteiger partial charge is 0.393 e. The molecule has 1 heterocycles. The van der Waals surface area contributed by atoms with Crippen LogP contribution in [0.5, 0.6) is 0 Å². The molecule has 0 aromatic heterocycles. The van der Waals surface area contributed by atoms with E-state index in [4.69, 9.17) is 10.2 Å². The van der Waals surface area contributed by atoms with Crippen molar-refractivity contribution in [1.29, 1.82) is 0 Å². The maximum atomic E-state index is 11.4. The zero-order valence-electron chi connectivity index (χ0n) is 8.44. The first-order valence-electron chi connectivity index (χ1n) is 4.91. The van der Waals surface area contributed by atoms with Crippen LogP contribution in [0.15, 0.2) is 0 Å². The molecular formula is C9H18N2O3. The quantitative estimate of drug-likeness (QED) is 0.514. The summed E-state index contributed by atoms with van der Waals surface area (Å²) in [6.45, 7) is 1.75. The summed E-state index contributed by atoms with van der Waals surface area (Å²) in [6.07, 6.45) is -0.284. The summed E-state index contributed by atoms with van der Waals surface area (Å²) < 4.78 is 0. The Labute approximate surface area is 83.7 Å². The second-order valence-corrected chi connectivity index (χ2v) is 3.70. The third-order valence-electron chi connectivity index (χ3n) is 2.55. The summed E-state index contributed by atoms with van der Waals surface area (Å²) in [5, 5.41) is 20.8. The fraction of sp³-hybridized carbons (Fsp3) is 0.889. The number of aliphatic hydroxyl groups is 2. The van der Waals surface area contributed by atoms with Gasteiger partial charge in [-0.2, -0.15) is 0 Å². The van der Waals surface area contributed by atoms with Crippen LogP contribution in [0.25, 0.3) is 0 Å². The van der Waals surface area contributed by atoms with Crippen LogP contribution in [0.2, 0.25) is 0 Å². The van der Waals surface area contributed by atoms with Crippen LogP contribution in [0.1, 0.15) is 6.42 Å². The molecule has 3 N–H and O–H groups in total. The van der Waals surface area contributed by atoms with Crippen LogP contribution in [0.3, 0.4) is 0 Å². The minimum atomic E-state index is -1.25. The van der Waals surface area contributed by atoms with E-state index < -0.39 is 12.7 Å². The molecule has 1 aliphatic rings. The van der Waals surface area contributed by atoms with Crippen LogP contribution in [0, 0.1) is 5.92 Å². The molecule has 5 nitrogen and oxygen atoms in total. The van der Waals surface area contributed by atoms with Crippen LogP contribution in [-0.4, -0.2) is 60.4 Å². The number of hydrogen-bond acceptors (Lipinski definition) is 4. The van der Waals surface area contributed by atoms with Crippen LogP contribution in [-0.2, 0) is 4.79 Å². The fourth-order valence-corrected chi connectivity index (χ4v) is 1.78. The van der Waals surface area contributed by atoms with Gasteiger partial charge in [0.25, 0.3) is 5.91 Å². The number of carbonyl (C=O) groups excluding carboxylic acids is 1. The van der Waals surface area contributed by atoms with Crippen molar-refractivity contribution >= 4 is 5.91 Å². The lowest BCUT2D eigenvalue weighted by Crippen LogP contribution is -2.39. The van der Waals surface area contributed by atoms with Crippen molar-refractivity contribution in [2.24, 2.45) is 5.92 Å². The van der Waals surface area contributed by atoms with Gasteiger partial charge >= 0.3 is 0 Å². The predicted octanol–water partition coefficient (Wildman–Crippen LogP) is -1.59. The highest BCUT2D eigenvalue weighted by atomic mass is 16.3. The maximum Gasteiger partial charge on any atom is 0.253 e. The van der Waals surface area contributed by atoms with Crippen molar-refractivity contribution in [2.45, 2.75) is 12.5 Å². The van der Waals surface area contributed by atoms with Gasteiger partial charge in [0.1, 0.15) is 0 Å². The number of amides is 1. The Morgan fingerprint density at radius 3 is 3.00 bits per heavy atom. The van der Waals surface area contributed by atoms with Crippen molar-refractivity contribution in [1.82, 2.24) is 10.2 Å². The number of hydrogen-bond donors (Lipinski definition) is 3. The topological polar surface area (TPSA) is 72.8 Å². The molecule has 0 aromatic rings. The summed E-state index contributed by atoms with van der Waals surface area (Å²) in [5.74, 6) is 0.112. The lowest BCUT2D eigenvalue weighted by molar-refractivity contribution is -0.141. The van der Waals surface area contributed by atoms with E-state index in [-0.39, 0.29) is 5.91 Å². The number of nitrogens with zero attached hydrogens (tertiary/aromatic N) is 1. The van der Waals surface area contributed by atoms with E-state index in [9.17, 15) is 4.79 Å². The van der Waals surface area contributed by atoms with Crippen molar-refractivity contribution in [3.05, 3.63) is 0 Å². The third-order valence-corrected chi connectivity index (χ3v) is 2.55. The SMILES string of the molecule is CNCC1CCN(C(=O)C(O)CO)C1. The lowest BCUT2D eigenvalue weighted by atomic mass is 10.1. The van der Waals surface area contributed by atoms with Crippen LogP contribution < -0.4 is 5.32 Å². The van der Waals surface area contributed by atoms with Crippen LogP contribution >= 0.6 is 0 Å². The first-order valence-corrected chi connectivity index (χ1v) is 4.91. The molecule has 1 aliphatic heterocycles. The van der Waals surface area contributed by atoms with Gasteiger partial charge in [0.15, 0.2) is 6.10 Å². The van der Waals surface area contributed by atoms with Gasteiger partial charge in [0.05, 0.1) is 6.61 Å². The standard InChI is InChI=1S/C9H18N2O3/c1-10-4-7-2-3-11(5-7)9(14)8(13)6-12/h7-8,10,12-13H,2-6H2,1H3. The van der Waals surface area contributed by atoms with Gasteiger partial charge in [-0.1, -0.05) is 0 Å². The number of rotatable bonds is 4. The van der Waals surface area contributed by atoms with Gasteiger partial charge < -0.3 is 20.4 Å². The summed E-state index contributed by atoms with van der Waals surface area (Å²) in [6, 6.07) is 0. The third kappa shape index (κ3) is 2.67.